The van der Waals surface area contributed by atoms with Gasteiger partial charge in [-0.05, 0) is 36.6 Å². The number of hydrogen-bond acceptors (Lipinski definition) is 6. The molecule has 0 amide bonds. The molecule has 10 heteroatoms. The second-order valence-electron chi connectivity index (χ2n) is 8.38. The van der Waals surface area contributed by atoms with Gasteiger partial charge in [0.05, 0.1) is 7.11 Å². The highest BCUT2D eigenvalue weighted by molar-refractivity contribution is 5.85. The summed E-state index contributed by atoms with van der Waals surface area (Å²) in [6, 6.07) is 5.43. The van der Waals surface area contributed by atoms with Crippen LogP contribution in [0.1, 0.15) is 54.1 Å². The molecule has 190 valence electrons. The molecule has 1 atom stereocenters. The van der Waals surface area contributed by atoms with Crippen LogP contribution in [0.3, 0.4) is 0 Å². The summed E-state index contributed by atoms with van der Waals surface area (Å²) in [7, 11) is 2.45. The molecule has 0 aliphatic heterocycles. The summed E-state index contributed by atoms with van der Waals surface area (Å²) in [5.74, 6) is -1.54. The number of esters is 1. The van der Waals surface area contributed by atoms with Crippen LogP contribution >= 0.6 is 0 Å². The van der Waals surface area contributed by atoms with Gasteiger partial charge in [0.1, 0.15) is 29.4 Å². The molecule has 1 unspecified atom stereocenters. The van der Waals surface area contributed by atoms with Crippen LogP contribution in [0.25, 0.3) is 11.1 Å². The second-order valence-corrected chi connectivity index (χ2v) is 8.38. The van der Waals surface area contributed by atoms with Crippen molar-refractivity contribution in [2.75, 3.05) is 21.0 Å². The highest BCUT2D eigenvalue weighted by Gasteiger charge is 2.50. The minimum Gasteiger partial charge on any atom is -0.468 e. The van der Waals surface area contributed by atoms with Crippen LogP contribution in [-0.2, 0) is 14.3 Å². The van der Waals surface area contributed by atoms with Gasteiger partial charge in [-0.2, -0.15) is 13.2 Å². The molecule has 3 rings (SSSR count). The first-order valence-electron chi connectivity index (χ1n) is 11.1. The molecular weight excluding hydrogens is 470 g/mol. The van der Waals surface area contributed by atoms with E-state index in [2.05, 4.69) is 5.32 Å². The summed E-state index contributed by atoms with van der Waals surface area (Å²) in [5.41, 5.74) is -2.20. The summed E-state index contributed by atoms with van der Waals surface area (Å²) in [4.78, 5) is 24.6. The zero-order valence-corrected chi connectivity index (χ0v) is 19.4. The third-order valence-electron chi connectivity index (χ3n) is 6.15. The van der Waals surface area contributed by atoms with Gasteiger partial charge in [0, 0.05) is 23.8 Å². The fourth-order valence-electron chi connectivity index (χ4n) is 4.47. The van der Waals surface area contributed by atoms with Gasteiger partial charge in [-0.1, -0.05) is 37.5 Å². The maximum absolute atomic E-state index is 14.5. The van der Waals surface area contributed by atoms with E-state index in [-0.39, 0.29) is 48.4 Å². The lowest BCUT2D eigenvalue weighted by molar-refractivity contribution is -0.172. The Kier molecular flexibility index (Phi) is 8.50. The van der Waals surface area contributed by atoms with Crippen molar-refractivity contribution in [3.05, 3.63) is 53.3 Å². The quantitative estimate of drug-likeness (QED) is 0.218. The summed E-state index contributed by atoms with van der Waals surface area (Å²) < 4.78 is 73.0. The lowest BCUT2D eigenvalue weighted by Crippen LogP contribution is -2.57. The first kappa shape index (κ1) is 26.6. The Labute approximate surface area is 200 Å². The number of alkyl halides is 3. The van der Waals surface area contributed by atoms with Crippen LogP contribution < -0.4 is 10.1 Å². The number of nitrogens with one attached hydrogen (secondary N) is 1. The van der Waals surface area contributed by atoms with E-state index >= 15 is 0 Å². The summed E-state index contributed by atoms with van der Waals surface area (Å²) in [6.45, 7) is -0.322. The number of rotatable bonds is 9. The Hall–Kier alpha value is -2.98. The molecular formula is C25H27F4NO5. The van der Waals surface area contributed by atoms with Gasteiger partial charge in [-0.3, -0.25) is 14.9 Å². The van der Waals surface area contributed by atoms with Gasteiger partial charge >= 0.3 is 12.1 Å². The maximum atomic E-state index is 14.5. The molecule has 1 aliphatic rings. The lowest BCUT2D eigenvalue weighted by atomic mass is 9.80. The largest absolute Gasteiger partial charge is 0.468 e. The average Bonchev–Trinajstić information content (AvgIpc) is 2.85. The molecule has 1 aliphatic carbocycles. The molecule has 0 saturated heterocycles. The van der Waals surface area contributed by atoms with E-state index in [4.69, 9.17) is 14.2 Å². The van der Waals surface area contributed by atoms with Crippen molar-refractivity contribution in [1.82, 2.24) is 5.32 Å². The van der Waals surface area contributed by atoms with Crippen molar-refractivity contribution < 1.29 is 41.4 Å². The zero-order chi connectivity index (χ0) is 25.6. The fraction of sp³-hybridized carbons (Fsp3) is 0.440. The van der Waals surface area contributed by atoms with Crippen molar-refractivity contribution in [3.8, 4) is 16.9 Å². The van der Waals surface area contributed by atoms with E-state index < -0.39 is 35.1 Å². The summed E-state index contributed by atoms with van der Waals surface area (Å²) >= 11 is 0. The molecule has 0 heterocycles. The van der Waals surface area contributed by atoms with E-state index in [0.717, 1.165) is 25.7 Å². The van der Waals surface area contributed by atoms with Gasteiger partial charge < -0.3 is 14.2 Å². The Morgan fingerprint density at radius 3 is 2.37 bits per heavy atom. The van der Waals surface area contributed by atoms with Crippen LogP contribution in [0.15, 0.2) is 36.4 Å². The standard InChI is InChI=1S/C25H27F4NO5/c1-33-15-35-21-13-18(16(14-31)12-19(21)17-8-4-5-9-20(17)26)22(25(27,28)29)30-24(23(32)34-2)10-6-3-7-11-24/h4-5,8-9,12-14,22,30H,3,6-7,10-11,15H2,1-2H3. The summed E-state index contributed by atoms with van der Waals surface area (Å²) in [6.07, 6.45) is -2.43. The Bertz CT molecular complexity index is 1050. The maximum Gasteiger partial charge on any atom is 0.407 e. The third-order valence-corrected chi connectivity index (χ3v) is 6.15. The van der Waals surface area contributed by atoms with Crippen molar-refractivity contribution >= 4 is 12.3 Å². The predicted molar refractivity (Wildman–Crippen MR) is 119 cm³/mol. The van der Waals surface area contributed by atoms with Crippen molar-refractivity contribution in [2.45, 2.75) is 49.9 Å². The minimum atomic E-state index is -4.88. The lowest BCUT2D eigenvalue weighted by Gasteiger charge is -2.39. The number of hydrogen-bond donors (Lipinski definition) is 1. The predicted octanol–water partition coefficient (Wildman–Crippen LogP) is 5.36. The topological polar surface area (TPSA) is 73.9 Å². The van der Waals surface area contributed by atoms with E-state index in [1.807, 2.05) is 0 Å². The Morgan fingerprint density at radius 2 is 1.80 bits per heavy atom. The first-order chi connectivity index (χ1) is 16.7. The van der Waals surface area contributed by atoms with Crippen LogP contribution in [0.2, 0.25) is 0 Å². The number of halogens is 4. The molecule has 6 nitrogen and oxygen atoms in total. The SMILES string of the molecule is COCOc1cc(C(NC2(C(=O)OC)CCCCC2)C(F)(F)F)c(C=O)cc1-c1ccccc1F. The van der Waals surface area contributed by atoms with Crippen molar-refractivity contribution in [1.29, 1.82) is 0 Å². The molecule has 2 aromatic rings. The van der Waals surface area contributed by atoms with Crippen LogP contribution in [0.5, 0.6) is 5.75 Å². The van der Waals surface area contributed by atoms with Crippen LogP contribution in [0, 0.1) is 5.82 Å². The number of ether oxygens (including phenoxy) is 3. The van der Waals surface area contributed by atoms with Crippen molar-refractivity contribution in [2.24, 2.45) is 0 Å². The van der Waals surface area contributed by atoms with Gasteiger partial charge in [0.25, 0.3) is 0 Å². The molecule has 1 saturated carbocycles. The van der Waals surface area contributed by atoms with Crippen LogP contribution in [0.4, 0.5) is 17.6 Å². The van der Waals surface area contributed by atoms with Gasteiger partial charge in [0.2, 0.25) is 0 Å². The van der Waals surface area contributed by atoms with Gasteiger partial charge in [-0.15, -0.1) is 0 Å². The molecule has 0 spiro atoms. The zero-order valence-electron chi connectivity index (χ0n) is 19.4. The Balaban J connectivity index is 2.18. The molecule has 2 aromatic carbocycles. The van der Waals surface area contributed by atoms with E-state index in [1.165, 1.54) is 25.3 Å². The Morgan fingerprint density at radius 1 is 1.11 bits per heavy atom. The molecule has 0 aromatic heterocycles. The highest BCUT2D eigenvalue weighted by atomic mass is 19.4. The molecule has 35 heavy (non-hydrogen) atoms. The second kappa shape index (κ2) is 11.2. The number of benzene rings is 2. The average molecular weight is 497 g/mol. The molecule has 0 bridgehead atoms. The molecule has 1 N–H and O–H groups in total. The number of aldehydes is 1. The van der Waals surface area contributed by atoms with Crippen molar-refractivity contribution in [3.63, 3.8) is 0 Å². The van der Waals surface area contributed by atoms with E-state index in [1.54, 1.807) is 6.07 Å². The number of methoxy groups -OCH3 is 2. The first-order valence-corrected chi connectivity index (χ1v) is 11.1. The summed E-state index contributed by atoms with van der Waals surface area (Å²) in [5, 5.41) is 2.49. The smallest absolute Gasteiger partial charge is 0.407 e. The molecule has 1 fully saturated rings. The van der Waals surface area contributed by atoms with Gasteiger partial charge in [0.15, 0.2) is 6.79 Å². The highest BCUT2D eigenvalue weighted by Crippen LogP contribution is 2.43. The number of carbonyl (C=O) groups excluding carboxylic acids is 2. The van der Waals surface area contributed by atoms with E-state index in [9.17, 15) is 27.2 Å². The normalized spacial score (nSPS) is 16.4. The van der Waals surface area contributed by atoms with Gasteiger partial charge in [-0.25, -0.2) is 4.39 Å². The molecule has 0 radical (unpaired) electrons. The minimum absolute atomic E-state index is 0.0445. The number of carbonyl (C=O) groups is 2. The monoisotopic (exact) mass is 497 g/mol. The third kappa shape index (κ3) is 5.82. The van der Waals surface area contributed by atoms with E-state index in [0.29, 0.717) is 12.8 Å². The fourth-order valence-corrected chi connectivity index (χ4v) is 4.47. The van der Waals surface area contributed by atoms with Crippen LogP contribution in [-0.4, -0.2) is 45.0 Å².